The fourth-order valence-electron chi connectivity index (χ4n) is 2.81. The lowest BCUT2D eigenvalue weighted by Gasteiger charge is -2.24. The molecule has 0 heterocycles. The number of carbonyl (C=O) groups excluding carboxylic acids is 3. The second-order valence-corrected chi connectivity index (χ2v) is 8.01. The monoisotopic (exact) mass is 520 g/mol. The predicted octanol–water partition coefficient (Wildman–Crippen LogP) is -3.56. The van der Waals surface area contributed by atoms with Gasteiger partial charge in [-0.2, -0.15) is 12.6 Å². The molecule has 0 aromatic carbocycles. The van der Waals surface area contributed by atoms with Gasteiger partial charge in [0.15, 0.2) is 5.96 Å². The van der Waals surface area contributed by atoms with E-state index in [1.54, 1.807) is 0 Å². The predicted molar refractivity (Wildman–Crippen MR) is 130 cm³/mol. The number of unbranched alkanes of at least 4 members (excludes halogenated alkanes) is 1. The van der Waals surface area contributed by atoms with Gasteiger partial charge in [0, 0.05) is 12.3 Å². The van der Waals surface area contributed by atoms with E-state index in [9.17, 15) is 34.2 Å². The van der Waals surface area contributed by atoms with Crippen molar-refractivity contribution in [1.29, 1.82) is 0 Å². The number of guanidine groups is 1. The smallest absolute Gasteiger partial charge is 0.326 e. The number of carbonyl (C=O) groups is 5. The van der Waals surface area contributed by atoms with Crippen LogP contribution in [0.5, 0.6) is 0 Å². The van der Waals surface area contributed by atoms with E-state index in [1.807, 2.05) is 0 Å². The molecule has 0 aromatic heterocycles. The number of aliphatic carboxylic acids is 2. The van der Waals surface area contributed by atoms with Gasteiger partial charge in [0.2, 0.25) is 17.7 Å². The maximum atomic E-state index is 12.9. The van der Waals surface area contributed by atoms with Crippen LogP contribution in [0.3, 0.4) is 0 Å². The first kappa shape index (κ1) is 31.9. The Kier molecular flexibility index (Phi) is 15.8. The molecule has 15 nitrogen and oxygen atoms in total. The van der Waals surface area contributed by atoms with Gasteiger partial charge in [-0.15, -0.1) is 0 Å². The molecule has 0 aromatic rings. The van der Waals surface area contributed by atoms with Crippen molar-refractivity contribution < 1.29 is 34.2 Å². The third-order valence-electron chi connectivity index (χ3n) is 4.68. The average Bonchev–Trinajstić information content (AvgIpc) is 2.78. The van der Waals surface area contributed by atoms with Crippen LogP contribution in [-0.4, -0.2) is 88.8 Å². The molecular weight excluding hydrogens is 484 g/mol. The summed E-state index contributed by atoms with van der Waals surface area (Å²) in [6.07, 6.45) is 0.481. The molecule has 0 aliphatic rings. The zero-order valence-electron chi connectivity index (χ0n) is 19.3. The Morgan fingerprint density at radius 3 is 1.89 bits per heavy atom. The van der Waals surface area contributed by atoms with Gasteiger partial charge in [0.05, 0.1) is 12.5 Å². The molecule has 4 unspecified atom stereocenters. The molecule has 4 atom stereocenters. The van der Waals surface area contributed by atoms with Gasteiger partial charge in [-0.1, -0.05) is 0 Å². The molecule has 13 N–H and O–H groups in total. The van der Waals surface area contributed by atoms with Gasteiger partial charge < -0.3 is 49.1 Å². The summed E-state index contributed by atoms with van der Waals surface area (Å²) >= 11 is 3.93. The van der Waals surface area contributed by atoms with Gasteiger partial charge in [-0.25, -0.2) is 4.79 Å². The van der Waals surface area contributed by atoms with Crippen molar-refractivity contribution in [2.24, 2.45) is 27.9 Å². The highest BCUT2D eigenvalue weighted by atomic mass is 32.1. The highest BCUT2D eigenvalue weighted by Crippen LogP contribution is 2.05. The van der Waals surface area contributed by atoms with E-state index >= 15 is 0 Å². The Hall–Kier alpha value is -3.11. The number of rotatable bonds is 18. The Morgan fingerprint density at radius 2 is 1.37 bits per heavy atom. The van der Waals surface area contributed by atoms with Crippen LogP contribution in [0.15, 0.2) is 4.99 Å². The SMILES string of the molecule is NCCCCC(NC(=O)C(CC(=O)O)NC(=O)C(CCCN=C(N)N)NC(=O)C(N)CS)C(=O)O. The second kappa shape index (κ2) is 17.3. The summed E-state index contributed by atoms with van der Waals surface area (Å²) in [6.45, 7) is 0.480. The van der Waals surface area contributed by atoms with E-state index in [0.29, 0.717) is 19.4 Å². The summed E-state index contributed by atoms with van der Waals surface area (Å²) in [4.78, 5) is 64.3. The molecule has 0 spiro atoms. The van der Waals surface area contributed by atoms with E-state index in [-0.39, 0.29) is 37.5 Å². The molecule has 0 aliphatic carbocycles. The summed E-state index contributed by atoms with van der Waals surface area (Å²) in [6, 6.07) is -5.13. The first-order valence-corrected chi connectivity index (χ1v) is 11.5. The van der Waals surface area contributed by atoms with Crippen molar-refractivity contribution in [3.05, 3.63) is 0 Å². The summed E-state index contributed by atoms with van der Waals surface area (Å²) in [7, 11) is 0. The van der Waals surface area contributed by atoms with E-state index in [0.717, 1.165) is 0 Å². The zero-order valence-corrected chi connectivity index (χ0v) is 20.2. The molecule has 35 heavy (non-hydrogen) atoms. The Bertz CT molecular complexity index is 763. The van der Waals surface area contributed by atoms with Gasteiger partial charge in [-0.05, 0) is 38.6 Å². The topological polar surface area (TPSA) is 278 Å². The highest BCUT2D eigenvalue weighted by Gasteiger charge is 2.31. The summed E-state index contributed by atoms with van der Waals surface area (Å²) in [5, 5.41) is 25.5. The van der Waals surface area contributed by atoms with Crippen molar-refractivity contribution in [2.75, 3.05) is 18.8 Å². The van der Waals surface area contributed by atoms with Crippen LogP contribution in [0.25, 0.3) is 0 Å². The maximum absolute atomic E-state index is 12.9. The Balaban J connectivity index is 5.51. The van der Waals surface area contributed by atoms with Crippen LogP contribution in [0.4, 0.5) is 0 Å². The number of thiol groups is 1. The molecule has 0 rings (SSSR count). The van der Waals surface area contributed by atoms with E-state index in [4.69, 9.17) is 22.9 Å². The average molecular weight is 521 g/mol. The van der Waals surface area contributed by atoms with Gasteiger partial charge in [-0.3, -0.25) is 24.2 Å². The first-order valence-electron chi connectivity index (χ1n) is 10.9. The number of nitrogens with zero attached hydrogens (tertiary/aromatic N) is 1. The van der Waals surface area contributed by atoms with Crippen molar-refractivity contribution in [2.45, 2.75) is 62.7 Å². The first-order chi connectivity index (χ1) is 16.4. The number of hydrogen-bond donors (Lipinski definition) is 10. The minimum atomic E-state index is -1.60. The normalized spacial score (nSPS) is 14.0. The Labute approximate surface area is 208 Å². The Morgan fingerprint density at radius 1 is 0.829 bits per heavy atom. The van der Waals surface area contributed by atoms with E-state index < -0.39 is 60.2 Å². The van der Waals surface area contributed by atoms with Crippen LogP contribution >= 0.6 is 12.6 Å². The van der Waals surface area contributed by atoms with E-state index in [1.165, 1.54) is 0 Å². The largest absolute Gasteiger partial charge is 0.481 e. The second-order valence-electron chi connectivity index (χ2n) is 7.64. The third-order valence-corrected chi connectivity index (χ3v) is 5.08. The maximum Gasteiger partial charge on any atom is 0.326 e. The van der Waals surface area contributed by atoms with Crippen LogP contribution in [0.2, 0.25) is 0 Å². The fraction of sp³-hybridized carbons (Fsp3) is 0.684. The number of carboxylic acids is 2. The number of nitrogens with one attached hydrogen (secondary N) is 3. The molecule has 0 saturated heterocycles. The van der Waals surface area contributed by atoms with Crippen molar-refractivity contribution in [1.82, 2.24) is 16.0 Å². The minimum Gasteiger partial charge on any atom is -0.481 e. The third kappa shape index (κ3) is 14.0. The number of amides is 3. The van der Waals surface area contributed by atoms with Crippen LogP contribution in [0.1, 0.15) is 38.5 Å². The standard InChI is InChI=1S/C19H36N8O7S/c20-6-2-1-4-12(18(33)34)26-17(32)13(8-14(28)29)27-16(31)11(5-3-7-24-19(22)23)25-15(30)10(21)9-35/h10-13,35H,1-9,20-21H2,(H,25,30)(H,26,32)(H,27,31)(H,28,29)(H,33,34)(H4,22,23,24). The molecule has 0 aliphatic heterocycles. The van der Waals surface area contributed by atoms with Crippen molar-refractivity contribution >= 4 is 48.2 Å². The lowest BCUT2D eigenvalue weighted by atomic mass is 10.1. The molecule has 0 radical (unpaired) electrons. The molecule has 0 saturated carbocycles. The molecule has 200 valence electrons. The summed E-state index contributed by atoms with van der Waals surface area (Å²) < 4.78 is 0. The molecule has 16 heteroatoms. The zero-order chi connectivity index (χ0) is 27.0. The fourth-order valence-corrected chi connectivity index (χ4v) is 2.98. The number of nitrogens with two attached hydrogens (primary N) is 4. The molecule has 0 bridgehead atoms. The van der Waals surface area contributed by atoms with Crippen molar-refractivity contribution in [3.63, 3.8) is 0 Å². The van der Waals surface area contributed by atoms with Crippen LogP contribution < -0.4 is 38.9 Å². The highest BCUT2D eigenvalue weighted by molar-refractivity contribution is 7.80. The van der Waals surface area contributed by atoms with Gasteiger partial charge >= 0.3 is 11.9 Å². The summed E-state index contributed by atoms with van der Waals surface area (Å²) in [5.74, 6) is -5.45. The summed E-state index contributed by atoms with van der Waals surface area (Å²) in [5.41, 5.74) is 21.5. The van der Waals surface area contributed by atoms with E-state index in [2.05, 4.69) is 33.6 Å². The lowest BCUT2D eigenvalue weighted by Crippen LogP contribution is -2.57. The number of aliphatic imine (C=N–C) groups is 1. The van der Waals surface area contributed by atoms with Gasteiger partial charge in [0.1, 0.15) is 18.1 Å². The molecular formula is C19H36N8O7S. The minimum absolute atomic E-state index is 0.00104. The quantitative estimate of drug-likeness (QED) is 0.0365. The van der Waals surface area contributed by atoms with Gasteiger partial charge in [0.25, 0.3) is 0 Å². The molecule has 0 fully saturated rings. The van der Waals surface area contributed by atoms with Crippen molar-refractivity contribution in [3.8, 4) is 0 Å². The number of carboxylic acid groups (broad SMARTS) is 2. The lowest BCUT2D eigenvalue weighted by molar-refractivity contribution is -0.143. The van der Waals surface area contributed by atoms with Crippen LogP contribution in [-0.2, 0) is 24.0 Å². The van der Waals surface area contributed by atoms with Crippen LogP contribution in [0, 0.1) is 0 Å². The molecule has 3 amide bonds. The number of hydrogen-bond acceptors (Lipinski definition) is 9.